The fourth-order valence-corrected chi connectivity index (χ4v) is 2.20. The van der Waals surface area contributed by atoms with Gasteiger partial charge in [-0.15, -0.1) is 0 Å². The van der Waals surface area contributed by atoms with E-state index in [1.807, 2.05) is 13.8 Å². The summed E-state index contributed by atoms with van der Waals surface area (Å²) < 4.78 is 31.4. The molecule has 0 bridgehead atoms. The lowest BCUT2D eigenvalue weighted by atomic mass is 9.91. The summed E-state index contributed by atoms with van der Waals surface area (Å²) in [5.41, 5.74) is -0.306. The molecule has 1 rings (SSSR count). The predicted molar refractivity (Wildman–Crippen MR) is 74.9 cm³/mol. The first-order chi connectivity index (χ1) is 9.56. The van der Waals surface area contributed by atoms with Gasteiger partial charge in [-0.05, 0) is 37.9 Å². The topological polar surface area (TPSA) is 41.5 Å². The van der Waals surface area contributed by atoms with Gasteiger partial charge in [-0.25, -0.2) is 8.78 Å². The van der Waals surface area contributed by atoms with E-state index in [4.69, 9.17) is 4.74 Å². The summed E-state index contributed by atoms with van der Waals surface area (Å²) in [5.74, 6) is -1.26. The number of nitrogens with one attached hydrogen (secondary N) is 1. The quantitative estimate of drug-likeness (QED) is 0.686. The van der Waals surface area contributed by atoms with E-state index >= 15 is 0 Å². The van der Waals surface area contributed by atoms with Crippen LogP contribution in [0.4, 0.5) is 8.78 Å². The lowest BCUT2D eigenvalue weighted by Gasteiger charge is -2.31. The molecule has 20 heavy (non-hydrogen) atoms. The fraction of sp³-hybridized carbons (Fsp3) is 0.600. The van der Waals surface area contributed by atoms with Crippen LogP contribution < -0.4 is 10.1 Å². The number of halogens is 2. The molecule has 0 amide bonds. The normalized spacial score (nSPS) is 14.1. The minimum Gasteiger partial charge on any atom is -0.491 e. The second kappa shape index (κ2) is 8.17. The second-order valence-corrected chi connectivity index (χ2v) is 4.85. The molecule has 3 nitrogen and oxygen atoms in total. The van der Waals surface area contributed by atoms with Gasteiger partial charge < -0.3 is 15.2 Å². The Bertz CT molecular complexity index is 409. The lowest BCUT2D eigenvalue weighted by molar-refractivity contribution is 0.139. The highest BCUT2D eigenvalue weighted by Gasteiger charge is 2.25. The zero-order chi connectivity index (χ0) is 15.0. The Morgan fingerprint density at radius 2 is 2.05 bits per heavy atom. The Labute approximate surface area is 119 Å². The maximum Gasteiger partial charge on any atom is 0.167 e. The molecule has 0 spiro atoms. The molecule has 0 aromatic heterocycles. The van der Waals surface area contributed by atoms with E-state index in [2.05, 4.69) is 5.32 Å². The number of aliphatic hydroxyl groups is 1. The maximum atomic E-state index is 13.3. The Kier molecular flexibility index (Phi) is 6.88. The van der Waals surface area contributed by atoms with Crippen molar-refractivity contribution in [2.75, 3.05) is 19.8 Å². The van der Waals surface area contributed by atoms with Gasteiger partial charge in [0.25, 0.3) is 0 Å². The van der Waals surface area contributed by atoms with Crippen molar-refractivity contribution >= 4 is 0 Å². The van der Waals surface area contributed by atoms with Crippen LogP contribution in [-0.4, -0.2) is 30.4 Å². The number of ether oxygens (including phenoxy) is 1. The molecule has 1 aromatic carbocycles. The maximum absolute atomic E-state index is 13.3. The van der Waals surface area contributed by atoms with Crippen LogP contribution in [0.15, 0.2) is 18.2 Å². The highest BCUT2D eigenvalue weighted by atomic mass is 19.1. The molecule has 1 atom stereocenters. The SMILES string of the molecule is CCNC(CC)(CO)CCCOc1ccc(F)cc1F. The zero-order valence-electron chi connectivity index (χ0n) is 12.1. The van der Waals surface area contributed by atoms with Crippen molar-refractivity contribution < 1.29 is 18.6 Å². The van der Waals surface area contributed by atoms with Crippen molar-refractivity contribution in [3.8, 4) is 5.75 Å². The average molecular weight is 287 g/mol. The number of likely N-dealkylation sites (N-methyl/N-ethyl adjacent to an activating group) is 1. The van der Waals surface area contributed by atoms with Crippen LogP contribution in [0.2, 0.25) is 0 Å². The molecule has 114 valence electrons. The third-order valence-corrected chi connectivity index (χ3v) is 3.48. The van der Waals surface area contributed by atoms with Gasteiger partial charge in [0.15, 0.2) is 11.6 Å². The number of hydrogen-bond donors (Lipinski definition) is 2. The van der Waals surface area contributed by atoms with Crippen LogP contribution in [-0.2, 0) is 0 Å². The highest BCUT2D eigenvalue weighted by Crippen LogP contribution is 2.20. The standard InChI is InChI=1S/C15H23F2NO2/c1-3-15(11-19,18-4-2)8-5-9-20-14-7-6-12(16)10-13(14)17/h6-7,10,18-19H,3-5,8-9,11H2,1-2H3. The number of rotatable bonds is 9. The summed E-state index contributed by atoms with van der Waals surface area (Å²) >= 11 is 0. The van der Waals surface area contributed by atoms with Gasteiger partial charge >= 0.3 is 0 Å². The monoisotopic (exact) mass is 287 g/mol. The number of aliphatic hydroxyl groups excluding tert-OH is 1. The highest BCUT2D eigenvalue weighted by molar-refractivity contribution is 5.24. The van der Waals surface area contributed by atoms with Crippen molar-refractivity contribution in [3.05, 3.63) is 29.8 Å². The zero-order valence-corrected chi connectivity index (χ0v) is 12.1. The lowest BCUT2D eigenvalue weighted by Crippen LogP contribution is -2.48. The summed E-state index contributed by atoms with van der Waals surface area (Å²) in [4.78, 5) is 0. The molecule has 0 saturated carbocycles. The van der Waals surface area contributed by atoms with Crippen molar-refractivity contribution in [1.29, 1.82) is 0 Å². The molecular formula is C15H23F2NO2. The van der Waals surface area contributed by atoms with Crippen molar-refractivity contribution in [3.63, 3.8) is 0 Å². The predicted octanol–water partition coefficient (Wildman–Crippen LogP) is 2.87. The second-order valence-electron chi connectivity index (χ2n) is 4.85. The van der Waals surface area contributed by atoms with E-state index < -0.39 is 11.6 Å². The van der Waals surface area contributed by atoms with Crippen LogP contribution in [0.5, 0.6) is 5.75 Å². The fourth-order valence-electron chi connectivity index (χ4n) is 2.20. The van der Waals surface area contributed by atoms with Crippen molar-refractivity contribution in [2.24, 2.45) is 0 Å². The van der Waals surface area contributed by atoms with Gasteiger partial charge in [-0.3, -0.25) is 0 Å². The van der Waals surface area contributed by atoms with E-state index in [1.54, 1.807) is 0 Å². The van der Waals surface area contributed by atoms with Gasteiger partial charge in [-0.1, -0.05) is 13.8 Å². The molecular weight excluding hydrogens is 264 g/mol. The molecule has 0 aliphatic heterocycles. The summed E-state index contributed by atoms with van der Waals surface area (Å²) in [6.45, 7) is 5.17. The van der Waals surface area contributed by atoms with Gasteiger partial charge in [0.2, 0.25) is 0 Å². The van der Waals surface area contributed by atoms with E-state index in [9.17, 15) is 13.9 Å². The molecule has 5 heteroatoms. The van der Waals surface area contributed by atoms with Gasteiger partial charge in [0.1, 0.15) is 5.82 Å². The first-order valence-electron chi connectivity index (χ1n) is 7.00. The van der Waals surface area contributed by atoms with Crippen LogP contribution in [0.25, 0.3) is 0 Å². The van der Waals surface area contributed by atoms with Crippen LogP contribution in [0.3, 0.4) is 0 Å². The first kappa shape index (κ1) is 16.9. The van der Waals surface area contributed by atoms with Gasteiger partial charge in [-0.2, -0.15) is 0 Å². The van der Waals surface area contributed by atoms with Crippen LogP contribution in [0, 0.1) is 11.6 Å². The minimum atomic E-state index is -0.694. The summed E-state index contributed by atoms with van der Waals surface area (Å²) in [6, 6.07) is 3.26. The molecule has 1 unspecified atom stereocenters. The molecule has 0 aliphatic carbocycles. The van der Waals surface area contributed by atoms with E-state index in [1.165, 1.54) is 12.1 Å². The molecule has 0 heterocycles. The van der Waals surface area contributed by atoms with E-state index in [0.717, 1.165) is 25.5 Å². The largest absolute Gasteiger partial charge is 0.491 e. The smallest absolute Gasteiger partial charge is 0.167 e. The van der Waals surface area contributed by atoms with Crippen LogP contribution >= 0.6 is 0 Å². The Balaban J connectivity index is 2.43. The summed E-state index contributed by atoms with van der Waals surface area (Å²) in [7, 11) is 0. The summed E-state index contributed by atoms with van der Waals surface area (Å²) in [6.07, 6.45) is 2.22. The average Bonchev–Trinajstić information content (AvgIpc) is 2.44. The number of benzene rings is 1. The Morgan fingerprint density at radius 1 is 1.30 bits per heavy atom. The van der Waals surface area contributed by atoms with E-state index in [0.29, 0.717) is 13.0 Å². The molecule has 0 radical (unpaired) electrons. The van der Waals surface area contributed by atoms with Gasteiger partial charge in [0.05, 0.1) is 13.2 Å². The van der Waals surface area contributed by atoms with E-state index in [-0.39, 0.29) is 17.9 Å². The molecule has 0 fully saturated rings. The molecule has 2 N–H and O–H groups in total. The third kappa shape index (κ3) is 4.72. The number of hydrogen-bond acceptors (Lipinski definition) is 3. The van der Waals surface area contributed by atoms with Crippen molar-refractivity contribution in [2.45, 2.75) is 38.6 Å². The molecule has 0 aliphatic rings. The minimum absolute atomic E-state index is 0.0564. The van der Waals surface area contributed by atoms with Crippen molar-refractivity contribution in [1.82, 2.24) is 5.32 Å². The Hall–Kier alpha value is -1.20. The molecule has 0 saturated heterocycles. The first-order valence-corrected chi connectivity index (χ1v) is 7.00. The third-order valence-electron chi connectivity index (χ3n) is 3.48. The summed E-state index contributed by atoms with van der Waals surface area (Å²) in [5, 5.41) is 12.8. The Morgan fingerprint density at radius 3 is 2.60 bits per heavy atom. The van der Waals surface area contributed by atoms with Crippen LogP contribution in [0.1, 0.15) is 33.1 Å². The molecule has 1 aromatic rings. The van der Waals surface area contributed by atoms with Gasteiger partial charge in [0, 0.05) is 11.6 Å².